The summed E-state index contributed by atoms with van der Waals surface area (Å²) in [5, 5.41) is 41.0. The molecule has 1 fully saturated rings. The van der Waals surface area contributed by atoms with Crippen LogP contribution in [0.25, 0.3) is 0 Å². The molecule has 0 saturated carbocycles. The van der Waals surface area contributed by atoms with E-state index in [0.29, 0.717) is 36.1 Å². The maximum Gasteiger partial charge on any atom is 0.326 e. The summed E-state index contributed by atoms with van der Waals surface area (Å²) in [4.78, 5) is 39.1. The minimum atomic E-state index is -1.30. The summed E-state index contributed by atoms with van der Waals surface area (Å²) in [5.41, 5.74) is 7.33. The Morgan fingerprint density at radius 3 is 2.42 bits per heavy atom. The maximum atomic E-state index is 13.0. The normalized spacial score (nSPS) is 17.4. The van der Waals surface area contributed by atoms with Crippen LogP contribution >= 0.6 is 0 Å². The summed E-state index contributed by atoms with van der Waals surface area (Å²) in [5.74, 6) is -2.98. The summed E-state index contributed by atoms with van der Waals surface area (Å²) >= 11 is 0. The molecule has 176 valence electrons. The third kappa shape index (κ3) is 5.17. The summed E-state index contributed by atoms with van der Waals surface area (Å²) in [6, 6.07) is 5.42. The number of rotatable bonds is 7. The van der Waals surface area contributed by atoms with Crippen LogP contribution in [0, 0.1) is 6.92 Å². The molecule has 0 radical (unpaired) electrons. The Morgan fingerprint density at radius 1 is 1.12 bits per heavy atom. The highest BCUT2D eigenvalue weighted by molar-refractivity contribution is 5.92. The van der Waals surface area contributed by atoms with E-state index in [0.717, 1.165) is 0 Å². The minimum Gasteiger partial charge on any atom is -0.508 e. The number of carboxylic acid groups (broad SMARTS) is 1. The lowest BCUT2D eigenvalue weighted by molar-refractivity contribution is -0.144. The molecular weight excluding hydrogens is 430 g/mol. The number of phenolic OH excluding ortho intramolecular Hbond substituents is 3. The largest absolute Gasteiger partial charge is 0.508 e. The van der Waals surface area contributed by atoms with Crippen molar-refractivity contribution in [2.24, 2.45) is 5.73 Å². The van der Waals surface area contributed by atoms with Crippen LogP contribution in [0.3, 0.4) is 0 Å². The van der Waals surface area contributed by atoms with E-state index < -0.39 is 35.9 Å². The van der Waals surface area contributed by atoms with Crippen molar-refractivity contribution in [1.29, 1.82) is 0 Å². The Hall–Kier alpha value is -3.79. The number of likely N-dealkylation sites (tertiary alicyclic amines) is 1. The molecule has 1 aliphatic rings. The minimum absolute atomic E-state index is 0.0359. The van der Waals surface area contributed by atoms with Crippen molar-refractivity contribution in [3.05, 3.63) is 53.1 Å². The quantitative estimate of drug-likeness (QED) is 0.333. The third-order valence-corrected chi connectivity index (χ3v) is 5.92. The zero-order valence-corrected chi connectivity index (χ0v) is 18.1. The molecule has 1 saturated heterocycles. The fourth-order valence-electron chi connectivity index (χ4n) is 3.94. The molecule has 10 nitrogen and oxygen atoms in total. The average Bonchev–Trinajstić information content (AvgIpc) is 3.28. The fraction of sp³-hybridized carbons (Fsp3) is 0.348. The zero-order chi connectivity index (χ0) is 24.3. The second kappa shape index (κ2) is 9.78. The summed E-state index contributed by atoms with van der Waals surface area (Å²) < 4.78 is 0. The Bertz CT molecular complexity index is 1050. The predicted molar refractivity (Wildman–Crippen MR) is 118 cm³/mol. The zero-order valence-electron chi connectivity index (χ0n) is 18.1. The van der Waals surface area contributed by atoms with Crippen molar-refractivity contribution in [2.75, 3.05) is 6.54 Å². The maximum absolute atomic E-state index is 13.0. The lowest BCUT2D eigenvalue weighted by Crippen LogP contribution is -2.52. The molecule has 2 aromatic carbocycles. The monoisotopic (exact) mass is 457 g/mol. The number of carbonyl (C=O) groups excluding carboxylic acids is 2. The molecular formula is C23H27N3O7. The number of hydrogen-bond donors (Lipinski definition) is 6. The van der Waals surface area contributed by atoms with E-state index in [2.05, 4.69) is 5.32 Å². The molecule has 2 amide bonds. The molecule has 10 heteroatoms. The number of hydrogen-bond acceptors (Lipinski definition) is 7. The van der Waals surface area contributed by atoms with Gasteiger partial charge in [0, 0.05) is 13.0 Å². The molecule has 0 bridgehead atoms. The number of aliphatic carboxylic acids is 1. The Labute approximate surface area is 190 Å². The molecule has 3 atom stereocenters. The van der Waals surface area contributed by atoms with Crippen molar-refractivity contribution in [2.45, 2.75) is 44.3 Å². The predicted octanol–water partition coefficient (Wildman–Crippen LogP) is 0.915. The molecule has 0 aromatic heterocycles. The number of benzene rings is 2. The second-order valence-electron chi connectivity index (χ2n) is 8.08. The van der Waals surface area contributed by atoms with Gasteiger partial charge in [0.25, 0.3) is 0 Å². The van der Waals surface area contributed by atoms with Crippen molar-refractivity contribution in [3.8, 4) is 17.2 Å². The Balaban J connectivity index is 1.72. The van der Waals surface area contributed by atoms with Crippen LogP contribution in [0.15, 0.2) is 36.4 Å². The van der Waals surface area contributed by atoms with E-state index in [-0.39, 0.29) is 23.7 Å². The summed E-state index contributed by atoms with van der Waals surface area (Å²) in [6.07, 6.45) is 0.814. The second-order valence-corrected chi connectivity index (χ2v) is 8.08. The van der Waals surface area contributed by atoms with E-state index in [1.165, 1.54) is 48.2 Å². The van der Waals surface area contributed by atoms with Crippen molar-refractivity contribution >= 4 is 17.8 Å². The van der Waals surface area contributed by atoms with E-state index in [4.69, 9.17) is 5.73 Å². The number of nitrogens with one attached hydrogen (secondary N) is 1. The van der Waals surface area contributed by atoms with Gasteiger partial charge in [-0.2, -0.15) is 0 Å². The Morgan fingerprint density at radius 2 is 1.79 bits per heavy atom. The molecule has 1 heterocycles. The molecule has 3 rings (SSSR count). The van der Waals surface area contributed by atoms with E-state index in [1.807, 2.05) is 0 Å². The number of carboxylic acids is 1. The van der Waals surface area contributed by atoms with Gasteiger partial charge in [0.2, 0.25) is 11.8 Å². The van der Waals surface area contributed by atoms with Crippen molar-refractivity contribution in [1.82, 2.24) is 10.2 Å². The number of phenols is 3. The fourth-order valence-corrected chi connectivity index (χ4v) is 3.94. The smallest absolute Gasteiger partial charge is 0.326 e. The van der Waals surface area contributed by atoms with E-state index >= 15 is 0 Å². The number of amides is 2. The van der Waals surface area contributed by atoms with Gasteiger partial charge in [-0.1, -0.05) is 18.2 Å². The van der Waals surface area contributed by atoms with Crippen LogP contribution in [0.2, 0.25) is 0 Å². The van der Waals surface area contributed by atoms with Crippen molar-refractivity contribution in [3.63, 3.8) is 0 Å². The van der Waals surface area contributed by atoms with Crippen LogP contribution in [0.5, 0.6) is 17.2 Å². The SMILES string of the molecule is Cc1c(C[C@H](NC(=O)[C@@H]2CCCN2C(=O)[C@H](N)c2ccc(O)cc2)C(=O)O)ccc(O)c1O. The summed E-state index contributed by atoms with van der Waals surface area (Å²) in [7, 11) is 0. The van der Waals surface area contributed by atoms with E-state index in [9.17, 15) is 34.8 Å². The topological polar surface area (TPSA) is 173 Å². The number of aromatic hydroxyl groups is 3. The number of carbonyl (C=O) groups is 3. The standard InChI is InChI=1S/C23H27N3O7/c1-12-14(6-9-18(28)20(12)29)11-16(23(32)33)25-21(30)17-3-2-10-26(17)22(31)19(24)13-4-7-15(27)8-5-13/h4-9,16-17,19,27-29H,2-3,10-11,24H2,1H3,(H,25,30)(H,32,33)/t16-,17-,19+/m0/s1. The molecule has 1 aliphatic heterocycles. The highest BCUT2D eigenvalue weighted by Crippen LogP contribution is 2.31. The highest BCUT2D eigenvalue weighted by Gasteiger charge is 2.38. The first kappa shape index (κ1) is 23.9. The number of nitrogens with two attached hydrogens (primary N) is 1. The van der Waals surface area contributed by atoms with Gasteiger partial charge < -0.3 is 36.4 Å². The van der Waals surface area contributed by atoms with E-state index in [1.54, 1.807) is 0 Å². The van der Waals surface area contributed by atoms with Gasteiger partial charge in [-0.25, -0.2) is 4.79 Å². The van der Waals surface area contributed by atoms with Gasteiger partial charge in [0.1, 0.15) is 23.9 Å². The first-order chi connectivity index (χ1) is 15.6. The van der Waals surface area contributed by atoms with Gasteiger partial charge >= 0.3 is 5.97 Å². The first-order valence-electron chi connectivity index (χ1n) is 10.5. The van der Waals surface area contributed by atoms with Crippen molar-refractivity contribution < 1.29 is 34.8 Å². The van der Waals surface area contributed by atoms with Crippen LogP contribution in [0.4, 0.5) is 0 Å². The first-order valence-corrected chi connectivity index (χ1v) is 10.5. The average molecular weight is 457 g/mol. The molecule has 0 spiro atoms. The van der Waals surface area contributed by atoms with Gasteiger partial charge in [0.15, 0.2) is 11.5 Å². The molecule has 0 aliphatic carbocycles. The number of nitrogens with zero attached hydrogens (tertiary/aromatic N) is 1. The van der Waals surface area contributed by atoms with Gasteiger partial charge in [0.05, 0.1) is 0 Å². The summed E-state index contributed by atoms with van der Waals surface area (Å²) in [6.45, 7) is 1.85. The lowest BCUT2D eigenvalue weighted by atomic mass is 9.99. The van der Waals surface area contributed by atoms with Crippen LogP contribution in [-0.2, 0) is 20.8 Å². The van der Waals surface area contributed by atoms with Gasteiger partial charge in [-0.15, -0.1) is 0 Å². The molecule has 33 heavy (non-hydrogen) atoms. The Kier molecular flexibility index (Phi) is 7.07. The van der Waals surface area contributed by atoms with Crippen LogP contribution in [0.1, 0.15) is 35.6 Å². The molecule has 0 unspecified atom stereocenters. The van der Waals surface area contributed by atoms with Gasteiger partial charge in [-0.3, -0.25) is 9.59 Å². The highest BCUT2D eigenvalue weighted by atomic mass is 16.4. The third-order valence-electron chi connectivity index (χ3n) is 5.92. The molecule has 7 N–H and O–H groups in total. The van der Waals surface area contributed by atoms with Crippen LogP contribution < -0.4 is 11.1 Å². The molecule has 2 aromatic rings. The van der Waals surface area contributed by atoms with Crippen LogP contribution in [-0.4, -0.2) is 61.7 Å². The van der Waals surface area contributed by atoms with Gasteiger partial charge in [-0.05, 0) is 54.7 Å². The lowest BCUT2D eigenvalue weighted by Gasteiger charge is -2.28.